The number of amides is 1. The van der Waals surface area contributed by atoms with Crippen molar-refractivity contribution in [1.82, 2.24) is 15.1 Å². The van der Waals surface area contributed by atoms with Crippen LogP contribution in [0.5, 0.6) is 0 Å². The second-order valence-electron chi connectivity index (χ2n) is 8.27. The smallest absolute Gasteiger partial charge is 0.435 e. The highest BCUT2D eigenvalue weighted by atomic mass is 19.4. The molecule has 4 aliphatic rings. The number of hydrogen-bond donors (Lipinski definition) is 2. The Hall–Kier alpha value is -2.32. The molecule has 2 fully saturated rings. The number of carbonyl (C=O) groups excluding carboxylic acids is 1. The number of allylic oxidation sites excluding steroid dienone is 2. The monoisotopic (exact) mass is 411 g/mol. The topological polar surface area (TPSA) is 84.2 Å². The SMILES string of the molecule is O=C(O)C1C2C=CC(CC2)C1C(=O)NCCCn1nc(C(F)(F)F)cc1C1CC1. The van der Waals surface area contributed by atoms with Crippen LogP contribution >= 0.6 is 0 Å². The Morgan fingerprint density at radius 2 is 1.79 bits per heavy atom. The Balaban J connectivity index is 1.34. The van der Waals surface area contributed by atoms with E-state index < -0.39 is 29.7 Å². The van der Waals surface area contributed by atoms with Gasteiger partial charge in [-0.2, -0.15) is 18.3 Å². The standard InChI is InChI=1S/C20H24F3N3O3/c21-20(22,23)15-10-14(11-2-3-11)26(25-15)9-1-8-24-18(27)16-12-4-6-13(7-5-12)17(16)19(28)29/h4,6,10-13,16-17H,1-3,5,7-9H2,(H,24,27)(H,28,29). The first-order valence-corrected chi connectivity index (χ1v) is 10.1. The fraction of sp³-hybridized carbons (Fsp3) is 0.650. The molecule has 4 unspecified atom stereocenters. The molecule has 29 heavy (non-hydrogen) atoms. The van der Waals surface area contributed by atoms with E-state index in [1.807, 2.05) is 12.2 Å². The van der Waals surface area contributed by atoms with Crippen LogP contribution in [0.3, 0.4) is 0 Å². The minimum atomic E-state index is -4.47. The highest BCUT2D eigenvalue weighted by Gasteiger charge is 2.48. The zero-order chi connectivity index (χ0) is 20.8. The quantitative estimate of drug-likeness (QED) is 0.533. The fourth-order valence-electron chi connectivity index (χ4n) is 4.70. The van der Waals surface area contributed by atoms with Crippen LogP contribution in [0, 0.1) is 23.7 Å². The molecule has 1 heterocycles. The summed E-state index contributed by atoms with van der Waals surface area (Å²) in [4.78, 5) is 24.3. The molecule has 1 amide bonds. The first-order chi connectivity index (χ1) is 13.8. The lowest BCUT2D eigenvalue weighted by Crippen LogP contribution is -2.49. The summed E-state index contributed by atoms with van der Waals surface area (Å²) >= 11 is 0. The Bertz CT molecular complexity index is 829. The van der Waals surface area contributed by atoms with Gasteiger partial charge in [0.2, 0.25) is 5.91 Å². The number of hydrogen-bond acceptors (Lipinski definition) is 3. The van der Waals surface area contributed by atoms with Crippen LogP contribution in [0.15, 0.2) is 18.2 Å². The number of carboxylic acid groups (broad SMARTS) is 1. The maximum absolute atomic E-state index is 13.0. The highest BCUT2D eigenvalue weighted by Crippen LogP contribution is 2.45. The van der Waals surface area contributed by atoms with Gasteiger partial charge in [-0.25, -0.2) is 0 Å². The van der Waals surface area contributed by atoms with E-state index in [4.69, 9.17) is 0 Å². The summed E-state index contributed by atoms with van der Waals surface area (Å²) in [6.45, 7) is 0.551. The van der Waals surface area contributed by atoms with Crippen LogP contribution < -0.4 is 5.32 Å². The lowest BCUT2D eigenvalue weighted by atomic mass is 9.62. The summed E-state index contributed by atoms with van der Waals surface area (Å²) < 4.78 is 40.3. The number of aryl methyl sites for hydroxylation is 1. The molecule has 0 aliphatic heterocycles. The Morgan fingerprint density at radius 1 is 1.14 bits per heavy atom. The molecule has 4 atom stereocenters. The number of carbonyl (C=O) groups is 2. The molecule has 158 valence electrons. The second-order valence-corrected chi connectivity index (χ2v) is 8.27. The molecule has 0 spiro atoms. The van der Waals surface area contributed by atoms with Gasteiger partial charge in [-0.05, 0) is 50.0 Å². The molecule has 2 saturated carbocycles. The van der Waals surface area contributed by atoms with E-state index in [-0.39, 0.29) is 36.8 Å². The molecule has 5 rings (SSSR count). The van der Waals surface area contributed by atoms with Crippen molar-refractivity contribution < 1.29 is 27.9 Å². The van der Waals surface area contributed by atoms with Crippen LogP contribution in [0.25, 0.3) is 0 Å². The van der Waals surface area contributed by atoms with Crippen molar-refractivity contribution >= 4 is 11.9 Å². The normalized spacial score (nSPS) is 28.5. The van der Waals surface area contributed by atoms with E-state index >= 15 is 0 Å². The van der Waals surface area contributed by atoms with Gasteiger partial charge in [0.25, 0.3) is 0 Å². The summed E-state index contributed by atoms with van der Waals surface area (Å²) in [6.07, 6.45) is 3.14. The first kappa shape index (κ1) is 20.0. The molecule has 0 radical (unpaired) electrons. The van der Waals surface area contributed by atoms with Gasteiger partial charge in [0, 0.05) is 24.7 Å². The third-order valence-electron chi connectivity index (χ3n) is 6.28. The summed E-state index contributed by atoms with van der Waals surface area (Å²) in [5.74, 6) is -2.57. The number of nitrogens with one attached hydrogen (secondary N) is 1. The van der Waals surface area contributed by atoms with E-state index in [0.717, 1.165) is 31.7 Å². The maximum atomic E-state index is 13.0. The Morgan fingerprint density at radius 3 is 2.34 bits per heavy atom. The molecule has 2 N–H and O–H groups in total. The minimum Gasteiger partial charge on any atom is -0.481 e. The van der Waals surface area contributed by atoms with E-state index in [2.05, 4.69) is 10.4 Å². The number of fused-ring (bicyclic) bond motifs is 2. The number of aliphatic carboxylic acids is 1. The fourth-order valence-corrected chi connectivity index (χ4v) is 4.70. The summed E-state index contributed by atoms with van der Waals surface area (Å²) in [6, 6.07) is 1.12. The predicted molar refractivity (Wildman–Crippen MR) is 96.8 cm³/mol. The van der Waals surface area contributed by atoms with Crippen molar-refractivity contribution in [2.24, 2.45) is 23.7 Å². The molecular weight excluding hydrogens is 387 g/mol. The van der Waals surface area contributed by atoms with Crippen molar-refractivity contribution in [3.05, 3.63) is 29.6 Å². The van der Waals surface area contributed by atoms with Gasteiger partial charge in [0.15, 0.2) is 5.69 Å². The summed E-state index contributed by atoms with van der Waals surface area (Å²) in [5, 5.41) is 16.0. The Kier molecular flexibility index (Phi) is 5.16. The van der Waals surface area contributed by atoms with E-state index in [0.29, 0.717) is 12.1 Å². The molecule has 4 aliphatic carbocycles. The highest BCUT2D eigenvalue weighted by molar-refractivity contribution is 5.86. The zero-order valence-corrected chi connectivity index (χ0v) is 15.9. The third-order valence-corrected chi connectivity index (χ3v) is 6.28. The van der Waals surface area contributed by atoms with Crippen LogP contribution in [0.1, 0.15) is 49.4 Å². The minimum absolute atomic E-state index is 0.0666. The van der Waals surface area contributed by atoms with Crippen LogP contribution in [0.4, 0.5) is 13.2 Å². The van der Waals surface area contributed by atoms with Gasteiger partial charge in [0.1, 0.15) is 0 Å². The number of nitrogens with zero attached hydrogens (tertiary/aromatic N) is 2. The van der Waals surface area contributed by atoms with Crippen molar-refractivity contribution in [2.45, 2.75) is 50.7 Å². The third kappa shape index (κ3) is 4.04. The average Bonchev–Trinajstić information content (AvgIpc) is 3.43. The number of rotatable bonds is 7. The lowest BCUT2D eigenvalue weighted by molar-refractivity contribution is -0.153. The Labute approximate surface area is 166 Å². The van der Waals surface area contributed by atoms with Crippen molar-refractivity contribution in [3.63, 3.8) is 0 Å². The van der Waals surface area contributed by atoms with Gasteiger partial charge in [-0.3, -0.25) is 14.3 Å². The zero-order valence-electron chi connectivity index (χ0n) is 15.9. The molecule has 1 aromatic heterocycles. The van der Waals surface area contributed by atoms with Crippen LogP contribution in [0.2, 0.25) is 0 Å². The summed E-state index contributed by atoms with van der Waals surface area (Å²) in [5.41, 5.74) is -0.276. The van der Waals surface area contributed by atoms with Crippen LogP contribution in [-0.2, 0) is 22.3 Å². The number of aromatic nitrogens is 2. The molecule has 0 aromatic carbocycles. The number of halogens is 3. The molecule has 1 aromatic rings. The molecular formula is C20H24F3N3O3. The van der Waals surface area contributed by atoms with E-state index in [9.17, 15) is 27.9 Å². The van der Waals surface area contributed by atoms with Gasteiger partial charge in [0.05, 0.1) is 11.8 Å². The van der Waals surface area contributed by atoms with Crippen molar-refractivity contribution in [3.8, 4) is 0 Å². The van der Waals surface area contributed by atoms with Gasteiger partial charge < -0.3 is 10.4 Å². The van der Waals surface area contributed by atoms with Gasteiger partial charge in [-0.15, -0.1) is 0 Å². The molecule has 0 saturated heterocycles. The van der Waals surface area contributed by atoms with Crippen molar-refractivity contribution in [1.29, 1.82) is 0 Å². The second kappa shape index (κ2) is 7.50. The van der Waals surface area contributed by atoms with Crippen LogP contribution in [-0.4, -0.2) is 33.3 Å². The van der Waals surface area contributed by atoms with Gasteiger partial charge in [-0.1, -0.05) is 12.2 Å². The maximum Gasteiger partial charge on any atom is 0.435 e. The number of alkyl halides is 3. The number of carboxylic acids is 1. The molecule has 6 nitrogen and oxygen atoms in total. The largest absolute Gasteiger partial charge is 0.481 e. The molecule has 9 heteroatoms. The van der Waals surface area contributed by atoms with E-state index in [1.54, 1.807) is 0 Å². The summed E-state index contributed by atoms with van der Waals surface area (Å²) in [7, 11) is 0. The first-order valence-electron chi connectivity index (χ1n) is 10.1. The molecule has 2 bridgehead atoms. The van der Waals surface area contributed by atoms with Gasteiger partial charge >= 0.3 is 12.1 Å². The predicted octanol–water partition coefficient (Wildman–Crippen LogP) is 3.20. The van der Waals surface area contributed by atoms with E-state index in [1.165, 1.54) is 4.68 Å². The average molecular weight is 411 g/mol. The van der Waals surface area contributed by atoms with Crippen molar-refractivity contribution in [2.75, 3.05) is 6.54 Å². The lowest BCUT2D eigenvalue weighted by Gasteiger charge is -2.41.